The zero-order valence-corrected chi connectivity index (χ0v) is 21.4. The molecule has 4 aromatic heterocycles. The first-order chi connectivity index (χ1) is 19.8. The van der Waals surface area contributed by atoms with Crippen molar-refractivity contribution in [3.05, 3.63) is 122 Å². The summed E-state index contributed by atoms with van der Waals surface area (Å²) in [5.41, 5.74) is 10.9. The van der Waals surface area contributed by atoms with Crippen LogP contribution in [0.5, 0.6) is 0 Å². The minimum atomic E-state index is 0.917. The number of benzene rings is 5. The van der Waals surface area contributed by atoms with Gasteiger partial charge in [-0.1, -0.05) is 84.9 Å². The summed E-state index contributed by atoms with van der Waals surface area (Å²) >= 11 is 0. The summed E-state index contributed by atoms with van der Waals surface area (Å²) in [5, 5.41) is 7.09. The van der Waals surface area contributed by atoms with Crippen molar-refractivity contribution in [3.8, 4) is 22.3 Å². The highest BCUT2D eigenvalue weighted by atomic mass is 14.7. The fourth-order valence-corrected chi connectivity index (χ4v) is 6.31. The summed E-state index contributed by atoms with van der Waals surface area (Å²) in [6, 6.07) is 38.6. The first-order valence-corrected chi connectivity index (χ1v) is 13.5. The zero-order valence-electron chi connectivity index (χ0n) is 21.4. The molecule has 4 heterocycles. The summed E-state index contributed by atoms with van der Waals surface area (Å²) in [6.07, 6.45) is 3.95. The largest absolute Gasteiger partial charge is 0.354 e. The van der Waals surface area contributed by atoms with Crippen LogP contribution < -0.4 is 0 Å². The lowest BCUT2D eigenvalue weighted by atomic mass is 9.99. The van der Waals surface area contributed by atoms with Crippen LogP contribution in [0.4, 0.5) is 0 Å². The molecule has 0 saturated heterocycles. The molecular formula is C36H22N4. The first-order valence-electron chi connectivity index (χ1n) is 13.5. The molecular weight excluding hydrogens is 488 g/mol. The van der Waals surface area contributed by atoms with Crippen molar-refractivity contribution >= 4 is 65.4 Å². The van der Waals surface area contributed by atoms with Gasteiger partial charge in [0.2, 0.25) is 0 Å². The Morgan fingerprint density at radius 2 is 0.875 bits per heavy atom. The van der Waals surface area contributed by atoms with E-state index in [1.165, 1.54) is 21.5 Å². The lowest BCUT2D eigenvalue weighted by Crippen LogP contribution is -1.89. The Kier molecular flexibility index (Phi) is 4.30. The Hall–Kier alpha value is -5.48. The Labute approximate surface area is 228 Å². The van der Waals surface area contributed by atoms with Gasteiger partial charge in [-0.05, 0) is 24.3 Å². The van der Waals surface area contributed by atoms with Gasteiger partial charge in [0.1, 0.15) is 0 Å². The van der Waals surface area contributed by atoms with Crippen LogP contribution in [0.1, 0.15) is 0 Å². The molecule has 0 aliphatic heterocycles. The summed E-state index contributed by atoms with van der Waals surface area (Å²) in [7, 11) is 0. The second-order valence-corrected chi connectivity index (χ2v) is 10.5. The van der Waals surface area contributed by atoms with Crippen molar-refractivity contribution in [2.75, 3.05) is 0 Å². The SMILES string of the molecule is c1ccc2c(c1)[nH]c1c(-c3cnc4c(ccc5cc(-c6cccc7c6[nH]c6ccccc67)cnc54)c3)cccc12. The van der Waals surface area contributed by atoms with Crippen LogP contribution in [-0.4, -0.2) is 19.9 Å². The van der Waals surface area contributed by atoms with Gasteiger partial charge < -0.3 is 9.97 Å². The van der Waals surface area contributed by atoms with E-state index in [2.05, 4.69) is 119 Å². The van der Waals surface area contributed by atoms with Gasteiger partial charge in [0.25, 0.3) is 0 Å². The second kappa shape index (κ2) is 8.01. The number of pyridine rings is 2. The molecule has 0 bridgehead atoms. The lowest BCUT2D eigenvalue weighted by molar-refractivity contribution is 1.37. The van der Waals surface area contributed by atoms with E-state index in [4.69, 9.17) is 9.97 Å². The third-order valence-electron chi connectivity index (χ3n) is 8.21. The van der Waals surface area contributed by atoms with Gasteiger partial charge in [0, 0.05) is 78.0 Å². The molecule has 9 aromatic rings. The number of fused-ring (bicyclic) bond motifs is 9. The van der Waals surface area contributed by atoms with E-state index in [-0.39, 0.29) is 0 Å². The Balaban J connectivity index is 1.19. The quantitative estimate of drug-likeness (QED) is 0.228. The summed E-state index contributed by atoms with van der Waals surface area (Å²) in [6.45, 7) is 0. The van der Waals surface area contributed by atoms with Crippen molar-refractivity contribution in [3.63, 3.8) is 0 Å². The first kappa shape index (κ1) is 21.5. The van der Waals surface area contributed by atoms with Gasteiger partial charge in [-0.3, -0.25) is 9.97 Å². The van der Waals surface area contributed by atoms with E-state index in [0.717, 1.165) is 66.1 Å². The number of hydrogen-bond donors (Lipinski definition) is 2. The molecule has 40 heavy (non-hydrogen) atoms. The normalized spacial score (nSPS) is 12.0. The van der Waals surface area contributed by atoms with Gasteiger partial charge in [-0.15, -0.1) is 0 Å². The average Bonchev–Trinajstić information content (AvgIpc) is 3.59. The number of rotatable bonds is 2. The molecule has 0 saturated carbocycles. The van der Waals surface area contributed by atoms with Crippen LogP contribution in [0.2, 0.25) is 0 Å². The minimum Gasteiger partial charge on any atom is -0.354 e. The van der Waals surface area contributed by atoms with Crippen LogP contribution in [0.15, 0.2) is 122 Å². The Morgan fingerprint density at radius 3 is 1.38 bits per heavy atom. The fraction of sp³-hybridized carbons (Fsp3) is 0. The van der Waals surface area contributed by atoms with E-state index < -0.39 is 0 Å². The lowest BCUT2D eigenvalue weighted by Gasteiger charge is -2.09. The highest BCUT2D eigenvalue weighted by Crippen LogP contribution is 2.36. The Morgan fingerprint density at radius 1 is 0.425 bits per heavy atom. The molecule has 4 nitrogen and oxygen atoms in total. The van der Waals surface area contributed by atoms with E-state index >= 15 is 0 Å². The smallest absolute Gasteiger partial charge is 0.0965 e. The number of nitrogens with zero attached hydrogens (tertiary/aromatic N) is 2. The molecule has 0 aliphatic carbocycles. The van der Waals surface area contributed by atoms with Gasteiger partial charge in [0.15, 0.2) is 0 Å². The standard InChI is InChI=1S/C36H22N4/c1-3-13-31-27(7-1)29-11-5-9-25(35(29)39-31)23-17-21-15-16-22-18-24(20-38-34(22)33(21)37-19-23)26-10-6-12-30-28-8-2-4-14-32(28)40-36(26)30/h1-20,39-40H. The zero-order chi connectivity index (χ0) is 26.2. The van der Waals surface area contributed by atoms with E-state index in [0.29, 0.717) is 0 Å². The topological polar surface area (TPSA) is 57.4 Å². The van der Waals surface area contributed by atoms with Crippen LogP contribution in [0.3, 0.4) is 0 Å². The van der Waals surface area contributed by atoms with Gasteiger partial charge in [-0.25, -0.2) is 0 Å². The van der Waals surface area contributed by atoms with E-state index in [1.807, 2.05) is 12.4 Å². The predicted molar refractivity (Wildman–Crippen MR) is 167 cm³/mol. The number of para-hydroxylation sites is 4. The fourth-order valence-electron chi connectivity index (χ4n) is 6.31. The van der Waals surface area contributed by atoms with Crippen molar-refractivity contribution in [1.29, 1.82) is 0 Å². The summed E-state index contributed by atoms with van der Waals surface area (Å²) in [4.78, 5) is 17.1. The molecule has 0 atom stereocenters. The molecule has 4 heteroatoms. The number of hydrogen-bond acceptors (Lipinski definition) is 2. The third-order valence-corrected chi connectivity index (χ3v) is 8.21. The van der Waals surface area contributed by atoms with Crippen molar-refractivity contribution in [2.45, 2.75) is 0 Å². The summed E-state index contributed by atoms with van der Waals surface area (Å²) < 4.78 is 0. The number of aromatic amines is 2. The second-order valence-electron chi connectivity index (χ2n) is 10.5. The minimum absolute atomic E-state index is 0.917. The van der Waals surface area contributed by atoms with Gasteiger partial charge >= 0.3 is 0 Å². The maximum Gasteiger partial charge on any atom is 0.0965 e. The van der Waals surface area contributed by atoms with Crippen molar-refractivity contribution in [1.82, 2.24) is 19.9 Å². The average molecular weight is 511 g/mol. The van der Waals surface area contributed by atoms with Crippen LogP contribution in [-0.2, 0) is 0 Å². The maximum atomic E-state index is 4.95. The van der Waals surface area contributed by atoms with Crippen molar-refractivity contribution in [2.24, 2.45) is 0 Å². The highest BCUT2D eigenvalue weighted by Gasteiger charge is 2.14. The number of H-pyrrole nitrogens is 2. The van der Waals surface area contributed by atoms with E-state index in [1.54, 1.807) is 0 Å². The molecule has 2 N–H and O–H groups in total. The molecule has 0 amide bonds. The number of nitrogens with one attached hydrogen (secondary N) is 2. The molecule has 9 rings (SSSR count). The van der Waals surface area contributed by atoms with Crippen LogP contribution in [0, 0.1) is 0 Å². The van der Waals surface area contributed by atoms with Crippen LogP contribution in [0.25, 0.3) is 87.7 Å². The van der Waals surface area contributed by atoms with Crippen molar-refractivity contribution < 1.29 is 0 Å². The molecule has 0 aliphatic rings. The molecule has 0 fully saturated rings. The Bertz CT molecular complexity index is 2270. The summed E-state index contributed by atoms with van der Waals surface area (Å²) in [5.74, 6) is 0. The third kappa shape index (κ3) is 3.01. The molecule has 5 aromatic carbocycles. The molecule has 0 radical (unpaired) electrons. The highest BCUT2D eigenvalue weighted by molar-refractivity contribution is 6.14. The molecule has 186 valence electrons. The van der Waals surface area contributed by atoms with Gasteiger partial charge in [0.05, 0.1) is 22.1 Å². The number of aromatic nitrogens is 4. The molecule has 0 unspecified atom stereocenters. The molecule has 0 spiro atoms. The monoisotopic (exact) mass is 510 g/mol. The van der Waals surface area contributed by atoms with E-state index in [9.17, 15) is 0 Å². The predicted octanol–water partition coefficient (Wildman–Crippen LogP) is 9.39. The van der Waals surface area contributed by atoms with Crippen LogP contribution >= 0.6 is 0 Å². The maximum absolute atomic E-state index is 4.95. The van der Waals surface area contributed by atoms with Gasteiger partial charge in [-0.2, -0.15) is 0 Å².